The van der Waals surface area contributed by atoms with Gasteiger partial charge in [-0.25, -0.2) is 8.78 Å². The van der Waals surface area contributed by atoms with Gasteiger partial charge in [0.1, 0.15) is 5.78 Å². The molecule has 4 atom stereocenters. The van der Waals surface area contributed by atoms with Crippen LogP contribution in [-0.4, -0.2) is 29.2 Å². The number of ketones is 1. The molecule has 5 heteroatoms. The quantitative estimate of drug-likeness (QED) is 0.774. The summed E-state index contributed by atoms with van der Waals surface area (Å²) in [5.41, 5.74) is 0.313. The Morgan fingerprint density at radius 2 is 1.81 bits per heavy atom. The van der Waals surface area contributed by atoms with E-state index in [4.69, 9.17) is 0 Å². The molecule has 0 spiro atoms. The Labute approximate surface area is 159 Å². The molecule has 1 heterocycles. The van der Waals surface area contributed by atoms with Crippen molar-refractivity contribution >= 4 is 11.7 Å². The summed E-state index contributed by atoms with van der Waals surface area (Å²) in [4.78, 5) is 27.7. The minimum absolute atomic E-state index is 0.00796. The number of nitrogens with zero attached hydrogens (tertiary/aromatic N) is 1. The van der Waals surface area contributed by atoms with Gasteiger partial charge in [-0.2, -0.15) is 0 Å². The van der Waals surface area contributed by atoms with Crippen LogP contribution in [0.2, 0.25) is 0 Å². The number of carbonyl (C=O) groups excluding carboxylic acids is 2. The molecule has 1 aliphatic heterocycles. The highest BCUT2D eigenvalue weighted by molar-refractivity contribution is 5.86. The van der Waals surface area contributed by atoms with Crippen LogP contribution >= 0.6 is 0 Å². The number of hydrogen-bond donors (Lipinski definition) is 0. The summed E-state index contributed by atoms with van der Waals surface area (Å²) in [6, 6.07) is 4.19. The third-order valence-electron chi connectivity index (χ3n) is 6.64. The smallest absolute Gasteiger partial charge is 0.226 e. The summed E-state index contributed by atoms with van der Waals surface area (Å²) in [5.74, 6) is -1.90. The molecule has 0 unspecified atom stereocenters. The van der Waals surface area contributed by atoms with Crippen LogP contribution in [0.4, 0.5) is 8.78 Å². The predicted octanol–water partition coefficient (Wildman–Crippen LogP) is 4.60. The van der Waals surface area contributed by atoms with Gasteiger partial charge in [0.25, 0.3) is 0 Å². The van der Waals surface area contributed by atoms with Gasteiger partial charge in [0.05, 0.1) is 0 Å². The Hall–Kier alpha value is -1.78. The van der Waals surface area contributed by atoms with E-state index in [1.807, 2.05) is 4.90 Å². The van der Waals surface area contributed by atoms with Crippen LogP contribution in [0.15, 0.2) is 18.2 Å². The van der Waals surface area contributed by atoms with Crippen LogP contribution < -0.4 is 0 Å². The lowest BCUT2D eigenvalue weighted by atomic mass is 9.80. The van der Waals surface area contributed by atoms with Gasteiger partial charge < -0.3 is 4.90 Å². The van der Waals surface area contributed by atoms with Crippen molar-refractivity contribution in [1.82, 2.24) is 4.90 Å². The standard InChI is InChI=1S/C22H27F2NO2/c23-18-9-6-8-14(21(18)24)16-13-17(16)22(27)25-12-5-1-2-10-19(25)15-7-3-4-11-20(15)26/h6,8-9,15-17,19H,1-5,7,10-13H2/t15-,16-,17-,19+/m1/s1. The van der Waals surface area contributed by atoms with E-state index in [2.05, 4.69) is 0 Å². The number of halogens is 2. The summed E-state index contributed by atoms with van der Waals surface area (Å²) >= 11 is 0. The maximum absolute atomic E-state index is 14.1. The Morgan fingerprint density at radius 3 is 2.63 bits per heavy atom. The zero-order chi connectivity index (χ0) is 19.0. The van der Waals surface area contributed by atoms with Gasteiger partial charge in [-0.3, -0.25) is 9.59 Å². The summed E-state index contributed by atoms with van der Waals surface area (Å²) in [6.07, 6.45) is 8.04. The molecule has 27 heavy (non-hydrogen) atoms. The average molecular weight is 375 g/mol. The molecule has 3 fully saturated rings. The first-order valence-electron chi connectivity index (χ1n) is 10.3. The lowest BCUT2D eigenvalue weighted by Gasteiger charge is -2.37. The van der Waals surface area contributed by atoms with Crippen LogP contribution in [-0.2, 0) is 9.59 Å². The number of benzene rings is 1. The first-order valence-corrected chi connectivity index (χ1v) is 10.3. The van der Waals surface area contributed by atoms with Gasteiger partial charge in [0, 0.05) is 30.8 Å². The van der Waals surface area contributed by atoms with E-state index in [-0.39, 0.29) is 29.7 Å². The van der Waals surface area contributed by atoms with Crippen LogP contribution in [0.3, 0.4) is 0 Å². The largest absolute Gasteiger partial charge is 0.339 e. The maximum atomic E-state index is 14.1. The highest BCUT2D eigenvalue weighted by atomic mass is 19.2. The number of rotatable bonds is 3. The van der Waals surface area contributed by atoms with Gasteiger partial charge in [-0.05, 0) is 49.7 Å². The molecule has 1 amide bonds. The molecule has 3 aliphatic rings. The van der Waals surface area contributed by atoms with E-state index in [1.165, 1.54) is 6.07 Å². The monoisotopic (exact) mass is 375 g/mol. The van der Waals surface area contributed by atoms with Crippen molar-refractivity contribution in [3.05, 3.63) is 35.4 Å². The Bertz CT molecular complexity index is 735. The van der Waals surface area contributed by atoms with Crippen molar-refractivity contribution in [1.29, 1.82) is 0 Å². The second kappa shape index (κ2) is 7.69. The Kier molecular flexibility index (Phi) is 5.29. The summed E-state index contributed by atoms with van der Waals surface area (Å²) < 4.78 is 27.7. The third-order valence-corrected chi connectivity index (χ3v) is 6.64. The van der Waals surface area contributed by atoms with Crippen molar-refractivity contribution in [3.63, 3.8) is 0 Å². The molecule has 3 nitrogen and oxygen atoms in total. The molecule has 0 radical (unpaired) electrons. The molecule has 0 bridgehead atoms. The van der Waals surface area contributed by atoms with Gasteiger partial charge in [0.15, 0.2) is 11.6 Å². The zero-order valence-electron chi connectivity index (χ0n) is 15.6. The molecule has 2 aliphatic carbocycles. The number of Topliss-reactive ketones (excluding diaryl/α,β-unsaturated/α-hetero) is 1. The van der Waals surface area contributed by atoms with E-state index >= 15 is 0 Å². The van der Waals surface area contributed by atoms with Crippen LogP contribution in [0.1, 0.15) is 69.3 Å². The molecular formula is C22H27F2NO2. The molecule has 4 rings (SSSR count). The average Bonchev–Trinajstić information content (AvgIpc) is 3.47. The van der Waals surface area contributed by atoms with Gasteiger partial charge in [-0.15, -0.1) is 0 Å². The van der Waals surface area contributed by atoms with Crippen molar-refractivity contribution in [2.24, 2.45) is 11.8 Å². The summed E-state index contributed by atoms with van der Waals surface area (Å²) in [5, 5.41) is 0. The molecule has 1 aromatic rings. The van der Waals surface area contributed by atoms with Gasteiger partial charge in [0.2, 0.25) is 5.91 Å². The normalized spacial score (nSPS) is 31.5. The molecule has 1 aromatic carbocycles. The van der Waals surface area contributed by atoms with E-state index in [0.29, 0.717) is 30.7 Å². The van der Waals surface area contributed by atoms with Crippen molar-refractivity contribution in [2.75, 3.05) is 6.54 Å². The molecule has 1 saturated heterocycles. The summed E-state index contributed by atoms with van der Waals surface area (Å²) in [6.45, 7) is 0.683. The first kappa shape index (κ1) is 18.6. The number of hydrogen-bond acceptors (Lipinski definition) is 2. The number of likely N-dealkylation sites (tertiary alicyclic amines) is 1. The lowest BCUT2D eigenvalue weighted by molar-refractivity contribution is -0.139. The fourth-order valence-corrected chi connectivity index (χ4v) is 5.07. The van der Waals surface area contributed by atoms with E-state index in [1.54, 1.807) is 6.07 Å². The predicted molar refractivity (Wildman–Crippen MR) is 98.1 cm³/mol. The Balaban J connectivity index is 1.52. The first-order chi connectivity index (χ1) is 13.1. The fourth-order valence-electron chi connectivity index (χ4n) is 5.07. The molecule has 0 aromatic heterocycles. The van der Waals surface area contributed by atoms with E-state index in [9.17, 15) is 18.4 Å². The zero-order valence-corrected chi connectivity index (χ0v) is 15.6. The second-order valence-corrected chi connectivity index (χ2v) is 8.36. The van der Waals surface area contributed by atoms with E-state index < -0.39 is 11.6 Å². The van der Waals surface area contributed by atoms with Gasteiger partial charge >= 0.3 is 0 Å². The third kappa shape index (κ3) is 3.65. The lowest BCUT2D eigenvalue weighted by Crippen LogP contribution is -2.48. The van der Waals surface area contributed by atoms with Crippen LogP contribution in [0, 0.1) is 23.5 Å². The molecule has 2 saturated carbocycles. The van der Waals surface area contributed by atoms with Crippen LogP contribution in [0.5, 0.6) is 0 Å². The summed E-state index contributed by atoms with van der Waals surface area (Å²) in [7, 11) is 0. The number of carbonyl (C=O) groups is 2. The van der Waals surface area contributed by atoms with Crippen LogP contribution in [0.25, 0.3) is 0 Å². The van der Waals surface area contributed by atoms with E-state index in [0.717, 1.165) is 51.0 Å². The highest BCUT2D eigenvalue weighted by Crippen LogP contribution is 2.50. The second-order valence-electron chi connectivity index (χ2n) is 8.36. The highest BCUT2D eigenvalue weighted by Gasteiger charge is 2.49. The molecule has 146 valence electrons. The SMILES string of the molecule is O=C1CCCC[C@@H]1[C@@H]1CCCCCN1C(=O)[C@@H]1C[C@@H]1c1cccc(F)c1F. The Morgan fingerprint density at radius 1 is 1.00 bits per heavy atom. The minimum atomic E-state index is -0.856. The van der Waals surface area contributed by atoms with Crippen molar-refractivity contribution in [2.45, 2.75) is 69.7 Å². The topological polar surface area (TPSA) is 37.4 Å². The minimum Gasteiger partial charge on any atom is -0.339 e. The van der Waals surface area contributed by atoms with Crippen molar-refractivity contribution in [3.8, 4) is 0 Å². The maximum Gasteiger partial charge on any atom is 0.226 e. The molecular weight excluding hydrogens is 348 g/mol. The van der Waals surface area contributed by atoms with Crippen molar-refractivity contribution < 1.29 is 18.4 Å². The number of amides is 1. The molecule has 0 N–H and O–H groups in total. The van der Waals surface area contributed by atoms with Gasteiger partial charge in [-0.1, -0.05) is 31.4 Å². The fraction of sp³-hybridized carbons (Fsp3) is 0.636.